The molecule has 96 valence electrons. The van der Waals surface area contributed by atoms with Gasteiger partial charge in [-0.15, -0.1) is 0 Å². The van der Waals surface area contributed by atoms with E-state index in [0.29, 0.717) is 23.1 Å². The average Bonchev–Trinajstić information content (AvgIpc) is 2.21. The van der Waals surface area contributed by atoms with Crippen molar-refractivity contribution >= 4 is 23.2 Å². The number of rotatable bonds is 7. The van der Waals surface area contributed by atoms with Crippen molar-refractivity contribution in [2.24, 2.45) is 0 Å². The molecule has 6 heteroatoms. The Morgan fingerprint density at radius 1 is 1.18 bits per heavy atom. The lowest BCUT2D eigenvalue weighted by Gasteiger charge is -2.06. The highest BCUT2D eigenvalue weighted by Gasteiger charge is 2.01. The number of halogens is 4. The molecule has 1 aromatic carbocycles. The van der Waals surface area contributed by atoms with Gasteiger partial charge in [0.2, 0.25) is 0 Å². The second-order valence-electron chi connectivity index (χ2n) is 3.42. The van der Waals surface area contributed by atoms with E-state index in [1.165, 1.54) is 0 Å². The molecule has 0 spiro atoms. The molecule has 17 heavy (non-hydrogen) atoms. The van der Waals surface area contributed by atoms with Crippen LogP contribution in [0.5, 0.6) is 0 Å². The zero-order valence-electron chi connectivity index (χ0n) is 9.06. The minimum atomic E-state index is -2.42. The van der Waals surface area contributed by atoms with E-state index in [-0.39, 0.29) is 6.61 Å². The van der Waals surface area contributed by atoms with E-state index in [2.05, 4.69) is 5.32 Å². The Bertz CT molecular complexity index is 330. The van der Waals surface area contributed by atoms with E-state index in [0.717, 1.165) is 5.56 Å². The maximum absolute atomic E-state index is 11.7. The largest absolute Gasteiger partial charge is 0.374 e. The Balaban J connectivity index is 2.18. The van der Waals surface area contributed by atoms with Crippen LogP contribution in [0.25, 0.3) is 0 Å². The average molecular weight is 284 g/mol. The standard InChI is InChI=1S/C11H13Cl2F2NO/c12-9-3-8(4-10(13)5-9)6-16-1-2-17-7-11(14)15/h3-5,11,16H,1-2,6-7H2. The van der Waals surface area contributed by atoms with E-state index >= 15 is 0 Å². The SMILES string of the molecule is FC(F)COCCNCc1cc(Cl)cc(Cl)c1. The number of hydrogen-bond donors (Lipinski definition) is 1. The van der Waals surface area contributed by atoms with Crippen LogP contribution < -0.4 is 5.32 Å². The van der Waals surface area contributed by atoms with Crippen molar-refractivity contribution in [2.45, 2.75) is 13.0 Å². The summed E-state index contributed by atoms with van der Waals surface area (Å²) in [5.74, 6) is 0. The first-order chi connectivity index (χ1) is 8.08. The van der Waals surface area contributed by atoms with Crippen molar-refractivity contribution in [3.05, 3.63) is 33.8 Å². The molecule has 0 amide bonds. The lowest BCUT2D eigenvalue weighted by atomic mass is 10.2. The van der Waals surface area contributed by atoms with Gasteiger partial charge in [0.05, 0.1) is 6.61 Å². The predicted octanol–water partition coefficient (Wildman–Crippen LogP) is 3.36. The Morgan fingerprint density at radius 3 is 2.41 bits per heavy atom. The first-order valence-electron chi connectivity index (χ1n) is 5.09. The quantitative estimate of drug-likeness (QED) is 0.775. The van der Waals surface area contributed by atoms with E-state index in [9.17, 15) is 8.78 Å². The Morgan fingerprint density at radius 2 is 1.82 bits per heavy atom. The Kier molecular flexibility index (Phi) is 6.73. The smallest absolute Gasteiger partial charge is 0.261 e. The van der Waals surface area contributed by atoms with Gasteiger partial charge < -0.3 is 10.1 Å². The number of alkyl halides is 2. The van der Waals surface area contributed by atoms with Crippen molar-refractivity contribution in [1.29, 1.82) is 0 Å². The van der Waals surface area contributed by atoms with Crippen LogP contribution in [0.1, 0.15) is 5.56 Å². The molecular weight excluding hydrogens is 271 g/mol. The molecule has 0 bridgehead atoms. The molecule has 1 rings (SSSR count). The lowest BCUT2D eigenvalue weighted by Crippen LogP contribution is -2.20. The van der Waals surface area contributed by atoms with Crippen molar-refractivity contribution in [3.8, 4) is 0 Å². The third-order valence-electron chi connectivity index (χ3n) is 1.92. The molecule has 0 aliphatic rings. The van der Waals surface area contributed by atoms with Gasteiger partial charge >= 0.3 is 0 Å². The van der Waals surface area contributed by atoms with E-state index in [1.807, 2.05) is 0 Å². The Labute approximate surface area is 109 Å². The Hall–Kier alpha value is -0.420. The van der Waals surface area contributed by atoms with Gasteiger partial charge in [-0.25, -0.2) is 8.78 Å². The van der Waals surface area contributed by atoms with E-state index < -0.39 is 13.0 Å². The molecule has 0 aliphatic carbocycles. The minimum Gasteiger partial charge on any atom is -0.374 e. The maximum atomic E-state index is 11.7. The monoisotopic (exact) mass is 283 g/mol. The molecule has 0 aromatic heterocycles. The van der Waals surface area contributed by atoms with Crippen LogP contribution in [0, 0.1) is 0 Å². The number of hydrogen-bond acceptors (Lipinski definition) is 2. The zero-order chi connectivity index (χ0) is 12.7. The van der Waals surface area contributed by atoms with Gasteiger partial charge in [0.25, 0.3) is 6.43 Å². The molecular formula is C11H13Cl2F2NO. The molecule has 0 atom stereocenters. The van der Waals surface area contributed by atoms with Gasteiger partial charge in [-0.05, 0) is 23.8 Å². The van der Waals surface area contributed by atoms with E-state index in [4.69, 9.17) is 27.9 Å². The predicted molar refractivity (Wildman–Crippen MR) is 65.0 cm³/mol. The lowest BCUT2D eigenvalue weighted by molar-refractivity contribution is 0.0187. The number of benzene rings is 1. The molecule has 0 saturated carbocycles. The molecule has 0 aliphatic heterocycles. The highest BCUT2D eigenvalue weighted by atomic mass is 35.5. The summed E-state index contributed by atoms with van der Waals surface area (Å²) < 4.78 is 28.2. The summed E-state index contributed by atoms with van der Waals surface area (Å²) in [6, 6.07) is 5.24. The maximum Gasteiger partial charge on any atom is 0.261 e. The minimum absolute atomic E-state index is 0.249. The fourth-order valence-corrected chi connectivity index (χ4v) is 1.83. The zero-order valence-corrected chi connectivity index (χ0v) is 10.6. The first-order valence-corrected chi connectivity index (χ1v) is 5.85. The van der Waals surface area contributed by atoms with Crippen LogP contribution in [-0.4, -0.2) is 26.2 Å². The topological polar surface area (TPSA) is 21.3 Å². The molecule has 1 aromatic rings. The normalized spacial score (nSPS) is 11.1. The van der Waals surface area contributed by atoms with Gasteiger partial charge in [-0.1, -0.05) is 23.2 Å². The van der Waals surface area contributed by atoms with Crippen molar-refractivity contribution in [2.75, 3.05) is 19.8 Å². The summed E-state index contributed by atoms with van der Waals surface area (Å²) in [5.41, 5.74) is 0.941. The highest BCUT2D eigenvalue weighted by Crippen LogP contribution is 2.18. The molecule has 0 fully saturated rings. The molecule has 0 unspecified atom stereocenters. The van der Waals surface area contributed by atoms with Crippen LogP contribution in [0.2, 0.25) is 10.0 Å². The summed E-state index contributed by atoms with van der Waals surface area (Å²) in [5, 5.41) is 4.19. The first kappa shape index (κ1) is 14.6. The molecule has 0 radical (unpaired) electrons. The van der Waals surface area contributed by atoms with Gasteiger partial charge in [0, 0.05) is 23.1 Å². The fraction of sp³-hybridized carbons (Fsp3) is 0.455. The van der Waals surface area contributed by atoms with Crippen LogP contribution in [0.3, 0.4) is 0 Å². The fourth-order valence-electron chi connectivity index (χ4n) is 1.26. The molecule has 0 heterocycles. The second kappa shape index (κ2) is 7.82. The summed E-state index contributed by atoms with van der Waals surface area (Å²) in [6.45, 7) is 0.790. The van der Waals surface area contributed by atoms with Crippen LogP contribution in [0.15, 0.2) is 18.2 Å². The van der Waals surface area contributed by atoms with Crippen LogP contribution >= 0.6 is 23.2 Å². The summed E-state index contributed by atoms with van der Waals surface area (Å²) in [6.07, 6.45) is -2.42. The van der Waals surface area contributed by atoms with Gasteiger partial charge in [0.1, 0.15) is 6.61 Å². The number of ether oxygens (including phenoxy) is 1. The van der Waals surface area contributed by atoms with Crippen molar-refractivity contribution < 1.29 is 13.5 Å². The second-order valence-corrected chi connectivity index (χ2v) is 4.29. The third kappa shape index (κ3) is 6.78. The van der Waals surface area contributed by atoms with Crippen LogP contribution in [-0.2, 0) is 11.3 Å². The van der Waals surface area contributed by atoms with Crippen molar-refractivity contribution in [3.63, 3.8) is 0 Å². The van der Waals surface area contributed by atoms with E-state index in [1.54, 1.807) is 18.2 Å². The van der Waals surface area contributed by atoms with Crippen molar-refractivity contribution in [1.82, 2.24) is 5.32 Å². The molecule has 0 saturated heterocycles. The van der Waals surface area contributed by atoms with Gasteiger partial charge in [-0.2, -0.15) is 0 Å². The van der Waals surface area contributed by atoms with Crippen LogP contribution in [0.4, 0.5) is 8.78 Å². The molecule has 2 nitrogen and oxygen atoms in total. The number of nitrogens with one attached hydrogen (secondary N) is 1. The molecule has 1 N–H and O–H groups in total. The van der Waals surface area contributed by atoms with Gasteiger partial charge in [0.15, 0.2) is 0 Å². The summed E-state index contributed by atoms with van der Waals surface area (Å²) in [7, 11) is 0. The third-order valence-corrected chi connectivity index (χ3v) is 2.35. The van der Waals surface area contributed by atoms with Gasteiger partial charge in [-0.3, -0.25) is 0 Å². The summed E-state index contributed by atoms with van der Waals surface area (Å²) >= 11 is 11.7. The highest BCUT2D eigenvalue weighted by molar-refractivity contribution is 6.34. The summed E-state index contributed by atoms with van der Waals surface area (Å²) in [4.78, 5) is 0.